The van der Waals surface area contributed by atoms with Gasteiger partial charge in [0.15, 0.2) is 5.84 Å². The number of benzene rings is 1. The van der Waals surface area contributed by atoms with Gasteiger partial charge in [-0.3, -0.25) is 0 Å². The van der Waals surface area contributed by atoms with Crippen LogP contribution in [0.1, 0.15) is 16.7 Å². The van der Waals surface area contributed by atoms with Crippen molar-refractivity contribution in [1.82, 2.24) is 0 Å². The number of aryl methyl sites for hydroxylation is 2. The zero-order valence-corrected chi connectivity index (χ0v) is 8.53. The lowest BCUT2D eigenvalue weighted by atomic mass is 10.1. The first-order chi connectivity index (χ1) is 6.60. The third kappa shape index (κ3) is 1.79. The van der Waals surface area contributed by atoms with Crippen molar-refractivity contribution < 1.29 is 9.94 Å². The summed E-state index contributed by atoms with van der Waals surface area (Å²) in [6.07, 6.45) is 0. The Labute approximate surface area is 83.0 Å². The molecule has 1 rings (SSSR count). The molecule has 3 N–H and O–H groups in total. The summed E-state index contributed by atoms with van der Waals surface area (Å²) < 4.78 is 5.20. The second-order valence-corrected chi connectivity index (χ2v) is 3.13. The number of hydrogen-bond acceptors (Lipinski definition) is 3. The molecular formula is C10H14N2O2. The van der Waals surface area contributed by atoms with Crippen LogP contribution < -0.4 is 10.5 Å². The van der Waals surface area contributed by atoms with Gasteiger partial charge in [-0.1, -0.05) is 5.16 Å². The van der Waals surface area contributed by atoms with Gasteiger partial charge < -0.3 is 15.7 Å². The smallest absolute Gasteiger partial charge is 0.170 e. The van der Waals surface area contributed by atoms with Crippen LogP contribution in [0.3, 0.4) is 0 Å². The molecule has 0 amide bonds. The van der Waals surface area contributed by atoms with Crippen LogP contribution in [0.15, 0.2) is 17.3 Å². The van der Waals surface area contributed by atoms with Gasteiger partial charge in [-0.05, 0) is 37.1 Å². The van der Waals surface area contributed by atoms with Gasteiger partial charge in [-0.15, -0.1) is 0 Å². The fourth-order valence-electron chi connectivity index (χ4n) is 1.48. The van der Waals surface area contributed by atoms with Crippen LogP contribution in [0.2, 0.25) is 0 Å². The van der Waals surface area contributed by atoms with Crippen LogP contribution >= 0.6 is 0 Å². The van der Waals surface area contributed by atoms with Crippen molar-refractivity contribution in [3.05, 3.63) is 28.8 Å². The van der Waals surface area contributed by atoms with E-state index in [0.717, 1.165) is 16.9 Å². The summed E-state index contributed by atoms with van der Waals surface area (Å²) in [6, 6.07) is 3.64. The number of methoxy groups -OCH3 is 1. The number of ether oxygens (including phenoxy) is 1. The predicted molar refractivity (Wildman–Crippen MR) is 55.0 cm³/mol. The number of hydrogen-bond donors (Lipinski definition) is 2. The molecule has 0 aliphatic carbocycles. The lowest BCUT2D eigenvalue weighted by molar-refractivity contribution is 0.318. The summed E-state index contributed by atoms with van der Waals surface area (Å²) >= 11 is 0. The quantitative estimate of drug-likeness (QED) is 0.323. The number of nitrogens with zero attached hydrogens (tertiary/aromatic N) is 1. The van der Waals surface area contributed by atoms with E-state index in [4.69, 9.17) is 15.7 Å². The van der Waals surface area contributed by atoms with E-state index in [1.54, 1.807) is 7.11 Å². The van der Waals surface area contributed by atoms with Crippen molar-refractivity contribution in [1.29, 1.82) is 0 Å². The Morgan fingerprint density at radius 2 is 1.86 bits per heavy atom. The van der Waals surface area contributed by atoms with E-state index in [0.29, 0.717) is 5.56 Å². The molecule has 76 valence electrons. The summed E-state index contributed by atoms with van der Waals surface area (Å²) in [6.45, 7) is 3.83. The molecule has 14 heavy (non-hydrogen) atoms. The number of rotatable bonds is 2. The van der Waals surface area contributed by atoms with Gasteiger partial charge in [0.05, 0.1) is 7.11 Å². The minimum Gasteiger partial charge on any atom is -0.496 e. The topological polar surface area (TPSA) is 67.8 Å². The molecule has 4 nitrogen and oxygen atoms in total. The molecule has 0 heterocycles. The molecule has 0 spiro atoms. The Morgan fingerprint density at radius 1 is 1.36 bits per heavy atom. The molecule has 1 aromatic rings. The molecule has 0 aliphatic heterocycles. The van der Waals surface area contributed by atoms with Gasteiger partial charge in [0.2, 0.25) is 0 Å². The lowest BCUT2D eigenvalue weighted by Crippen LogP contribution is -2.13. The third-order valence-electron chi connectivity index (χ3n) is 2.07. The molecule has 0 radical (unpaired) electrons. The maximum atomic E-state index is 8.53. The molecule has 0 aromatic heterocycles. The summed E-state index contributed by atoms with van der Waals surface area (Å²) in [5.74, 6) is 0.943. The van der Waals surface area contributed by atoms with Crippen molar-refractivity contribution in [2.45, 2.75) is 13.8 Å². The maximum absolute atomic E-state index is 8.53. The van der Waals surface area contributed by atoms with E-state index in [9.17, 15) is 0 Å². The summed E-state index contributed by atoms with van der Waals surface area (Å²) in [7, 11) is 1.62. The highest BCUT2D eigenvalue weighted by atomic mass is 16.5. The van der Waals surface area contributed by atoms with Crippen LogP contribution in [0.25, 0.3) is 0 Å². The third-order valence-corrected chi connectivity index (χ3v) is 2.07. The highest BCUT2D eigenvalue weighted by Crippen LogP contribution is 2.23. The van der Waals surface area contributed by atoms with E-state index in [-0.39, 0.29) is 5.84 Å². The first-order valence-electron chi connectivity index (χ1n) is 4.23. The molecule has 0 aliphatic rings. The van der Waals surface area contributed by atoms with Crippen LogP contribution in [0.5, 0.6) is 5.75 Å². The van der Waals surface area contributed by atoms with Gasteiger partial charge in [0, 0.05) is 5.56 Å². The van der Waals surface area contributed by atoms with E-state index < -0.39 is 0 Å². The SMILES string of the molecule is COc1c(C)cc(/C(N)=N/O)cc1C. The monoisotopic (exact) mass is 194 g/mol. The minimum absolute atomic E-state index is 0.110. The molecule has 0 atom stereocenters. The fourth-order valence-corrected chi connectivity index (χ4v) is 1.48. The Balaban J connectivity index is 3.27. The molecule has 0 saturated heterocycles. The predicted octanol–water partition coefficient (Wildman–Crippen LogP) is 1.41. The molecule has 0 bridgehead atoms. The van der Waals surface area contributed by atoms with Crippen molar-refractivity contribution >= 4 is 5.84 Å². The van der Waals surface area contributed by atoms with Crippen molar-refractivity contribution in [3.8, 4) is 5.75 Å². The van der Waals surface area contributed by atoms with Crippen LogP contribution in [-0.2, 0) is 0 Å². The first-order valence-corrected chi connectivity index (χ1v) is 4.23. The molecule has 0 fully saturated rings. The molecule has 0 saturated carbocycles. The number of nitrogens with two attached hydrogens (primary N) is 1. The highest BCUT2D eigenvalue weighted by Gasteiger charge is 2.07. The highest BCUT2D eigenvalue weighted by molar-refractivity contribution is 5.97. The zero-order chi connectivity index (χ0) is 10.7. The van der Waals surface area contributed by atoms with Crippen LogP contribution in [0.4, 0.5) is 0 Å². The summed E-state index contributed by atoms with van der Waals surface area (Å²) in [5, 5.41) is 11.5. The minimum atomic E-state index is 0.110. The van der Waals surface area contributed by atoms with E-state index in [1.807, 2.05) is 26.0 Å². The average Bonchev–Trinajstić information content (AvgIpc) is 2.16. The average molecular weight is 194 g/mol. The second-order valence-electron chi connectivity index (χ2n) is 3.13. The largest absolute Gasteiger partial charge is 0.496 e. The maximum Gasteiger partial charge on any atom is 0.170 e. The molecular weight excluding hydrogens is 180 g/mol. The van der Waals surface area contributed by atoms with Crippen molar-refractivity contribution in [2.75, 3.05) is 7.11 Å². The Kier molecular flexibility index (Phi) is 2.96. The Hall–Kier alpha value is -1.71. The van der Waals surface area contributed by atoms with Gasteiger partial charge in [0.25, 0.3) is 0 Å². The molecule has 0 unspecified atom stereocenters. The van der Waals surface area contributed by atoms with Crippen LogP contribution in [-0.4, -0.2) is 18.2 Å². The summed E-state index contributed by atoms with van der Waals surface area (Å²) in [4.78, 5) is 0. The van der Waals surface area contributed by atoms with Crippen LogP contribution in [0, 0.1) is 13.8 Å². The normalized spacial score (nSPS) is 11.5. The standard InChI is InChI=1S/C10H14N2O2/c1-6-4-8(10(11)12-13)5-7(2)9(6)14-3/h4-5,13H,1-3H3,(H2,11,12). The molecule has 4 heteroatoms. The molecule has 1 aromatic carbocycles. The van der Waals surface area contributed by atoms with Crippen molar-refractivity contribution in [2.24, 2.45) is 10.9 Å². The van der Waals surface area contributed by atoms with Gasteiger partial charge in [-0.2, -0.15) is 0 Å². The van der Waals surface area contributed by atoms with E-state index >= 15 is 0 Å². The Morgan fingerprint density at radius 3 is 2.21 bits per heavy atom. The first kappa shape index (κ1) is 10.4. The fraction of sp³-hybridized carbons (Fsp3) is 0.300. The van der Waals surface area contributed by atoms with E-state index in [2.05, 4.69) is 5.16 Å². The number of amidine groups is 1. The lowest BCUT2D eigenvalue weighted by Gasteiger charge is -2.10. The van der Waals surface area contributed by atoms with Crippen molar-refractivity contribution in [3.63, 3.8) is 0 Å². The van der Waals surface area contributed by atoms with Gasteiger partial charge in [-0.25, -0.2) is 0 Å². The summed E-state index contributed by atoms with van der Waals surface area (Å²) in [5.41, 5.74) is 8.11. The second kappa shape index (κ2) is 4.00. The number of oxime groups is 1. The Bertz CT molecular complexity index is 349. The van der Waals surface area contributed by atoms with E-state index in [1.165, 1.54) is 0 Å². The zero-order valence-electron chi connectivity index (χ0n) is 8.53. The van der Waals surface area contributed by atoms with Gasteiger partial charge >= 0.3 is 0 Å². The van der Waals surface area contributed by atoms with Gasteiger partial charge in [0.1, 0.15) is 5.75 Å².